The molecule has 5 nitrogen and oxygen atoms in total. The van der Waals surface area contributed by atoms with Crippen molar-refractivity contribution in [3.05, 3.63) is 35.0 Å². The van der Waals surface area contributed by atoms with Crippen LogP contribution in [0.4, 0.5) is 0 Å². The number of nitrogens with one attached hydrogen (secondary N) is 1. The highest BCUT2D eigenvalue weighted by Crippen LogP contribution is 2.45. The molecule has 0 saturated carbocycles. The first-order chi connectivity index (χ1) is 11.8. The number of ketones is 1. The van der Waals surface area contributed by atoms with Crippen molar-refractivity contribution in [3.8, 4) is 11.5 Å². The molecule has 0 fully saturated rings. The summed E-state index contributed by atoms with van der Waals surface area (Å²) in [6.07, 6.45) is 1.50. The highest BCUT2D eigenvalue weighted by molar-refractivity contribution is 6.02. The molecule has 0 spiro atoms. The molecule has 25 heavy (non-hydrogen) atoms. The van der Waals surface area contributed by atoms with Crippen LogP contribution < -0.4 is 14.8 Å². The molecule has 1 heterocycles. The quantitative estimate of drug-likeness (QED) is 0.911. The first kappa shape index (κ1) is 17.5. The molecule has 1 aliphatic heterocycles. The van der Waals surface area contributed by atoms with E-state index in [9.17, 15) is 9.59 Å². The molecule has 1 aromatic rings. The monoisotopic (exact) mass is 343 g/mol. The van der Waals surface area contributed by atoms with E-state index in [2.05, 4.69) is 19.2 Å². The maximum Gasteiger partial charge on any atom is 0.225 e. The molecule has 2 aliphatic rings. The molecular weight excluding hydrogens is 318 g/mol. The Bertz CT molecular complexity index is 748. The van der Waals surface area contributed by atoms with Gasteiger partial charge in [-0.05, 0) is 36.5 Å². The fourth-order valence-electron chi connectivity index (χ4n) is 3.82. The zero-order chi connectivity index (χ0) is 18.2. The summed E-state index contributed by atoms with van der Waals surface area (Å²) in [5.74, 6) is 1.15. The largest absolute Gasteiger partial charge is 0.493 e. The Labute approximate surface area is 148 Å². The van der Waals surface area contributed by atoms with Gasteiger partial charge in [0.15, 0.2) is 17.3 Å². The molecule has 3 rings (SSSR count). The van der Waals surface area contributed by atoms with Crippen molar-refractivity contribution in [2.75, 3.05) is 13.7 Å². The standard InChI is InChI=1S/C20H25NO4/c1-5-25-16-7-6-12(8-17(16)24-4)13-9-18(23)21-14-10-20(2,3)11-15(22)19(13)14/h6-8,13H,5,9-11H2,1-4H3,(H,21,23). The number of hydrogen-bond donors (Lipinski definition) is 1. The van der Waals surface area contributed by atoms with Gasteiger partial charge in [-0.25, -0.2) is 0 Å². The molecule has 0 saturated heterocycles. The zero-order valence-corrected chi connectivity index (χ0v) is 15.3. The van der Waals surface area contributed by atoms with Crippen LogP contribution in [0.1, 0.15) is 51.5 Å². The van der Waals surface area contributed by atoms with Gasteiger partial charge in [-0.15, -0.1) is 0 Å². The Morgan fingerprint density at radius 3 is 2.64 bits per heavy atom. The fraction of sp³-hybridized carbons (Fsp3) is 0.500. The van der Waals surface area contributed by atoms with Crippen LogP contribution in [0, 0.1) is 5.41 Å². The van der Waals surface area contributed by atoms with E-state index >= 15 is 0 Å². The Morgan fingerprint density at radius 1 is 1.20 bits per heavy atom. The van der Waals surface area contributed by atoms with Crippen LogP contribution in [0.15, 0.2) is 29.5 Å². The number of rotatable bonds is 4. The average Bonchev–Trinajstić information content (AvgIpc) is 2.53. The van der Waals surface area contributed by atoms with E-state index in [1.54, 1.807) is 7.11 Å². The number of carbonyl (C=O) groups excluding carboxylic acids is 2. The first-order valence-electron chi connectivity index (χ1n) is 8.71. The van der Waals surface area contributed by atoms with Gasteiger partial charge in [-0.2, -0.15) is 0 Å². The number of amides is 1. The van der Waals surface area contributed by atoms with E-state index < -0.39 is 0 Å². The Balaban J connectivity index is 2.04. The number of Topliss-reactive ketones (excluding diaryl/α,β-unsaturated/α-hetero) is 1. The van der Waals surface area contributed by atoms with E-state index in [-0.39, 0.29) is 29.4 Å². The predicted octanol–water partition coefficient (Wildman–Crippen LogP) is 3.34. The van der Waals surface area contributed by atoms with Crippen LogP contribution in [0.25, 0.3) is 0 Å². The summed E-state index contributed by atoms with van der Waals surface area (Å²) < 4.78 is 11.0. The lowest BCUT2D eigenvalue weighted by Crippen LogP contribution is -2.40. The van der Waals surface area contributed by atoms with Gasteiger partial charge in [0.05, 0.1) is 13.7 Å². The number of ether oxygens (including phenoxy) is 2. The average molecular weight is 343 g/mol. The van der Waals surface area contributed by atoms with E-state index in [1.807, 2.05) is 25.1 Å². The number of benzene rings is 1. The SMILES string of the molecule is CCOc1ccc(C2CC(=O)NC3=C2C(=O)CC(C)(C)C3)cc1OC. The van der Waals surface area contributed by atoms with Crippen molar-refractivity contribution in [2.24, 2.45) is 5.41 Å². The Kier molecular flexibility index (Phi) is 4.58. The lowest BCUT2D eigenvalue weighted by molar-refractivity contribution is -0.122. The molecule has 1 aromatic carbocycles. The van der Waals surface area contributed by atoms with Gasteiger partial charge in [0.1, 0.15) is 0 Å². The second-order valence-electron chi connectivity index (χ2n) is 7.48. The molecule has 1 amide bonds. The van der Waals surface area contributed by atoms with E-state index in [4.69, 9.17) is 9.47 Å². The van der Waals surface area contributed by atoms with Gasteiger partial charge in [0, 0.05) is 30.0 Å². The van der Waals surface area contributed by atoms with Crippen molar-refractivity contribution in [1.82, 2.24) is 5.32 Å². The lowest BCUT2D eigenvalue weighted by Gasteiger charge is -2.37. The molecule has 134 valence electrons. The predicted molar refractivity (Wildman–Crippen MR) is 94.7 cm³/mol. The van der Waals surface area contributed by atoms with Crippen molar-refractivity contribution >= 4 is 11.7 Å². The summed E-state index contributed by atoms with van der Waals surface area (Å²) >= 11 is 0. The molecule has 0 radical (unpaired) electrons. The smallest absolute Gasteiger partial charge is 0.225 e. The zero-order valence-electron chi connectivity index (χ0n) is 15.3. The first-order valence-corrected chi connectivity index (χ1v) is 8.71. The molecule has 0 bridgehead atoms. The van der Waals surface area contributed by atoms with Crippen molar-refractivity contribution in [3.63, 3.8) is 0 Å². The number of allylic oxidation sites excluding steroid dienone is 2. The summed E-state index contributed by atoms with van der Waals surface area (Å²) in [4.78, 5) is 25.0. The van der Waals surface area contributed by atoms with E-state index in [0.717, 1.165) is 16.8 Å². The summed E-state index contributed by atoms with van der Waals surface area (Å²) in [6, 6.07) is 5.65. The molecule has 0 aromatic heterocycles. The second-order valence-corrected chi connectivity index (χ2v) is 7.48. The molecule has 1 unspecified atom stereocenters. The fourth-order valence-corrected chi connectivity index (χ4v) is 3.82. The summed E-state index contributed by atoms with van der Waals surface area (Å²) in [6.45, 7) is 6.58. The van der Waals surface area contributed by atoms with Crippen LogP contribution in [0.2, 0.25) is 0 Å². The number of methoxy groups -OCH3 is 1. The van der Waals surface area contributed by atoms with Crippen LogP contribution >= 0.6 is 0 Å². The summed E-state index contributed by atoms with van der Waals surface area (Å²) in [5, 5.41) is 2.93. The van der Waals surface area contributed by atoms with Gasteiger partial charge in [-0.1, -0.05) is 19.9 Å². The number of hydrogen-bond acceptors (Lipinski definition) is 4. The van der Waals surface area contributed by atoms with Crippen LogP contribution in [0.5, 0.6) is 11.5 Å². The third kappa shape index (κ3) is 3.41. The molecular formula is C20H25NO4. The Morgan fingerprint density at radius 2 is 1.96 bits per heavy atom. The molecule has 5 heteroatoms. The van der Waals surface area contributed by atoms with Gasteiger partial charge in [-0.3, -0.25) is 9.59 Å². The third-order valence-corrected chi connectivity index (χ3v) is 4.84. The second kappa shape index (κ2) is 6.54. The number of carbonyl (C=O) groups is 2. The normalized spacial score (nSPS) is 22.3. The van der Waals surface area contributed by atoms with Gasteiger partial charge >= 0.3 is 0 Å². The van der Waals surface area contributed by atoms with Crippen molar-refractivity contribution in [2.45, 2.75) is 46.0 Å². The van der Waals surface area contributed by atoms with Gasteiger partial charge in [0.2, 0.25) is 5.91 Å². The Hall–Kier alpha value is -2.30. The lowest BCUT2D eigenvalue weighted by atomic mass is 9.70. The van der Waals surface area contributed by atoms with Crippen LogP contribution in [-0.2, 0) is 9.59 Å². The van der Waals surface area contributed by atoms with E-state index in [1.165, 1.54) is 0 Å². The van der Waals surface area contributed by atoms with Crippen molar-refractivity contribution in [1.29, 1.82) is 0 Å². The minimum Gasteiger partial charge on any atom is -0.493 e. The topological polar surface area (TPSA) is 64.6 Å². The highest BCUT2D eigenvalue weighted by Gasteiger charge is 2.40. The molecule has 1 atom stereocenters. The maximum atomic E-state index is 12.8. The minimum absolute atomic E-state index is 0.0397. The molecule has 1 N–H and O–H groups in total. The highest BCUT2D eigenvalue weighted by atomic mass is 16.5. The van der Waals surface area contributed by atoms with Crippen molar-refractivity contribution < 1.29 is 19.1 Å². The third-order valence-electron chi connectivity index (χ3n) is 4.84. The molecule has 1 aliphatic carbocycles. The van der Waals surface area contributed by atoms with Gasteiger partial charge in [0.25, 0.3) is 0 Å². The summed E-state index contributed by atoms with van der Waals surface area (Å²) in [5.41, 5.74) is 2.33. The summed E-state index contributed by atoms with van der Waals surface area (Å²) in [7, 11) is 1.59. The van der Waals surface area contributed by atoms with E-state index in [0.29, 0.717) is 30.9 Å². The minimum atomic E-state index is -0.225. The maximum absolute atomic E-state index is 12.8. The van der Waals surface area contributed by atoms with Crippen LogP contribution in [0.3, 0.4) is 0 Å². The van der Waals surface area contributed by atoms with Crippen LogP contribution in [-0.4, -0.2) is 25.4 Å². The van der Waals surface area contributed by atoms with Gasteiger partial charge < -0.3 is 14.8 Å².